The zero-order valence-electron chi connectivity index (χ0n) is 15.9. The molecule has 0 saturated carbocycles. The largest absolute Gasteiger partial charge is 0.493 e. The van der Waals surface area contributed by atoms with Crippen molar-refractivity contribution in [3.63, 3.8) is 0 Å². The van der Waals surface area contributed by atoms with Gasteiger partial charge in [0.2, 0.25) is 5.91 Å². The molecule has 5 nitrogen and oxygen atoms in total. The van der Waals surface area contributed by atoms with Gasteiger partial charge in [-0.05, 0) is 64.9 Å². The summed E-state index contributed by atoms with van der Waals surface area (Å²) in [6.07, 6.45) is -0.0849. The maximum atomic E-state index is 13.5. The molecule has 1 aliphatic rings. The zero-order chi connectivity index (χ0) is 21.0. The Morgan fingerprint density at radius 3 is 2.69 bits per heavy atom. The van der Waals surface area contributed by atoms with Gasteiger partial charge in [-0.3, -0.25) is 4.79 Å². The molecule has 0 fully saturated rings. The number of aliphatic hydroxyl groups excluding tert-OH is 1. The molecule has 3 rings (SSSR count). The van der Waals surface area contributed by atoms with Crippen LogP contribution in [0.2, 0.25) is 0 Å². The molecule has 29 heavy (non-hydrogen) atoms. The van der Waals surface area contributed by atoms with E-state index in [2.05, 4.69) is 33.2 Å². The van der Waals surface area contributed by atoms with Crippen LogP contribution in [0.1, 0.15) is 30.5 Å². The van der Waals surface area contributed by atoms with Crippen LogP contribution >= 0.6 is 22.6 Å². The summed E-state index contributed by atoms with van der Waals surface area (Å²) >= 11 is 2.24. The Morgan fingerprint density at radius 2 is 2.00 bits per heavy atom. The van der Waals surface area contributed by atoms with E-state index in [1.54, 1.807) is 0 Å². The predicted molar refractivity (Wildman–Crippen MR) is 114 cm³/mol. The third kappa shape index (κ3) is 6.10. The number of benzene rings is 2. The van der Waals surface area contributed by atoms with Crippen molar-refractivity contribution in [1.82, 2.24) is 10.6 Å². The molecular weight excluding hydrogens is 493 g/mol. The van der Waals surface area contributed by atoms with E-state index in [-0.39, 0.29) is 24.9 Å². The molecule has 8 heteroatoms. The molecule has 1 aliphatic heterocycles. The van der Waals surface area contributed by atoms with Crippen LogP contribution in [0.3, 0.4) is 0 Å². The molecule has 0 aromatic heterocycles. The van der Waals surface area contributed by atoms with E-state index in [0.29, 0.717) is 12.2 Å². The maximum Gasteiger partial charge on any atom is 0.217 e. The summed E-state index contributed by atoms with van der Waals surface area (Å²) in [4.78, 5) is 11.6. The second-order valence-electron chi connectivity index (χ2n) is 7.14. The molecule has 2 aromatic carbocycles. The lowest BCUT2D eigenvalue weighted by Crippen LogP contribution is -2.48. The highest BCUT2D eigenvalue weighted by molar-refractivity contribution is 14.1. The fourth-order valence-corrected chi connectivity index (χ4v) is 4.02. The summed E-state index contributed by atoms with van der Waals surface area (Å²) in [6.45, 7) is 2.12. The van der Waals surface area contributed by atoms with Gasteiger partial charge in [0.15, 0.2) is 0 Å². The van der Waals surface area contributed by atoms with Gasteiger partial charge in [-0.2, -0.15) is 0 Å². The van der Waals surface area contributed by atoms with Gasteiger partial charge in [-0.1, -0.05) is 0 Å². The monoisotopic (exact) mass is 516 g/mol. The molecule has 0 spiro atoms. The minimum atomic E-state index is -0.945. The zero-order valence-corrected chi connectivity index (χ0v) is 18.1. The molecule has 3 atom stereocenters. The summed E-state index contributed by atoms with van der Waals surface area (Å²) in [7, 11) is 0. The van der Waals surface area contributed by atoms with Crippen LogP contribution < -0.4 is 15.4 Å². The summed E-state index contributed by atoms with van der Waals surface area (Å²) < 4.78 is 33.8. The third-order valence-corrected chi connectivity index (χ3v) is 5.49. The van der Waals surface area contributed by atoms with E-state index >= 15 is 0 Å². The Kier molecular flexibility index (Phi) is 7.42. The van der Waals surface area contributed by atoms with Crippen molar-refractivity contribution in [2.45, 2.75) is 38.0 Å². The molecule has 3 N–H and O–H groups in total. The van der Waals surface area contributed by atoms with E-state index in [9.17, 15) is 18.7 Å². The van der Waals surface area contributed by atoms with Crippen molar-refractivity contribution in [3.05, 3.63) is 62.7 Å². The normalized spacial score (nSPS) is 17.8. The van der Waals surface area contributed by atoms with E-state index < -0.39 is 23.8 Å². The first-order valence-corrected chi connectivity index (χ1v) is 10.5. The van der Waals surface area contributed by atoms with Crippen LogP contribution in [0.5, 0.6) is 5.75 Å². The highest BCUT2D eigenvalue weighted by Gasteiger charge is 2.25. The number of ether oxygens (including phenoxy) is 1. The lowest BCUT2D eigenvalue weighted by molar-refractivity contribution is -0.120. The minimum Gasteiger partial charge on any atom is -0.493 e. The Balaban J connectivity index is 1.68. The van der Waals surface area contributed by atoms with Gasteiger partial charge in [0.05, 0.1) is 18.8 Å². The highest BCUT2D eigenvalue weighted by atomic mass is 127. The van der Waals surface area contributed by atoms with E-state index in [4.69, 9.17) is 4.74 Å². The maximum absolute atomic E-state index is 13.5. The predicted octanol–water partition coefficient (Wildman–Crippen LogP) is 3.09. The topological polar surface area (TPSA) is 70.6 Å². The van der Waals surface area contributed by atoms with E-state index in [0.717, 1.165) is 27.4 Å². The minimum absolute atomic E-state index is 0.00714. The van der Waals surface area contributed by atoms with Crippen LogP contribution in [-0.4, -0.2) is 36.3 Å². The second kappa shape index (κ2) is 9.82. The Labute approximate surface area is 182 Å². The van der Waals surface area contributed by atoms with Crippen molar-refractivity contribution in [1.29, 1.82) is 0 Å². The Hall–Kier alpha value is -1.78. The number of carbonyl (C=O) groups is 1. The highest BCUT2D eigenvalue weighted by Crippen LogP contribution is 2.33. The molecule has 0 unspecified atom stereocenters. The molecular formula is C21H23F2IN2O3. The average Bonchev–Trinajstić information content (AvgIpc) is 2.64. The van der Waals surface area contributed by atoms with E-state index in [1.165, 1.54) is 19.1 Å². The first kappa shape index (κ1) is 21.9. The fraction of sp³-hybridized carbons (Fsp3) is 0.381. The SMILES string of the molecule is CC(=O)N[C@@H](Cc1cc(F)cc(F)c1)[C@@H](O)CN[C@@H]1CCOc2ccc(I)cc21. The fourth-order valence-electron chi connectivity index (χ4n) is 3.51. The number of carbonyl (C=O) groups excluding carboxylic acids is 1. The number of amides is 1. The molecule has 1 heterocycles. The van der Waals surface area contributed by atoms with Crippen LogP contribution in [0.4, 0.5) is 8.78 Å². The summed E-state index contributed by atoms with van der Waals surface area (Å²) in [5.41, 5.74) is 1.39. The van der Waals surface area contributed by atoms with Crippen molar-refractivity contribution in [2.24, 2.45) is 0 Å². The van der Waals surface area contributed by atoms with Crippen molar-refractivity contribution in [2.75, 3.05) is 13.2 Å². The molecule has 2 aromatic rings. The van der Waals surface area contributed by atoms with Gasteiger partial charge >= 0.3 is 0 Å². The lowest BCUT2D eigenvalue weighted by atomic mass is 9.98. The molecule has 0 radical (unpaired) electrons. The number of halogens is 3. The molecule has 0 saturated heterocycles. The first-order chi connectivity index (χ1) is 13.8. The number of rotatable bonds is 7. The quantitative estimate of drug-likeness (QED) is 0.495. The number of aliphatic hydroxyl groups is 1. The van der Waals surface area contributed by atoms with Gasteiger partial charge in [-0.15, -0.1) is 0 Å². The van der Waals surface area contributed by atoms with Crippen molar-refractivity contribution < 1.29 is 23.4 Å². The van der Waals surface area contributed by atoms with Crippen LogP contribution in [0, 0.1) is 15.2 Å². The van der Waals surface area contributed by atoms with Gasteiger partial charge < -0.3 is 20.5 Å². The number of fused-ring (bicyclic) bond motifs is 1. The molecule has 156 valence electrons. The number of hydrogen-bond acceptors (Lipinski definition) is 4. The first-order valence-electron chi connectivity index (χ1n) is 9.37. The summed E-state index contributed by atoms with van der Waals surface area (Å²) in [5.74, 6) is -0.889. The number of nitrogens with one attached hydrogen (secondary N) is 2. The Morgan fingerprint density at radius 1 is 1.28 bits per heavy atom. The Bertz CT molecular complexity index is 861. The van der Waals surface area contributed by atoms with Gasteiger partial charge in [-0.25, -0.2) is 8.78 Å². The van der Waals surface area contributed by atoms with Crippen molar-refractivity contribution in [3.8, 4) is 5.75 Å². The van der Waals surface area contributed by atoms with Crippen LogP contribution in [0.25, 0.3) is 0 Å². The second-order valence-corrected chi connectivity index (χ2v) is 8.38. The van der Waals surface area contributed by atoms with E-state index in [1.807, 2.05) is 18.2 Å². The summed E-state index contributed by atoms with van der Waals surface area (Å²) in [6, 6.07) is 8.47. The molecule has 1 amide bonds. The van der Waals surface area contributed by atoms with Gasteiger partial charge in [0.25, 0.3) is 0 Å². The van der Waals surface area contributed by atoms with Crippen molar-refractivity contribution >= 4 is 28.5 Å². The van der Waals surface area contributed by atoms with Gasteiger partial charge in [0.1, 0.15) is 17.4 Å². The number of hydrogen-bond donors (Lipinski definition) is 3. The standard InChI is InChI=1S/C21H23F2IN2O3/c1-12(27)26-19(8-13-6-14(22)9-15(23)7-13)20(28)11-25-18-4-5-29-21-3-2-16(24)10-17(18)21/h2-3,6-7,9-10,18-20,25,28H,4-5,8,11H2,1H3,(H,26,27)/t18-,19+,20+/m1/s1. The molecule has 0 aliphatic carbocycles. The smallest absolute Gasteiger partial charge is 0.217 e. The van der Waals surface area contributed by atoms with Crippen LogP contribution in [0.15, 0.2) is 36.4 Å². The third-order valence-electron chi connectivity index (χ3n) is 4.82. The summed E-state index contributed by atoms with van der Waals surface area (Å²) in [5, 5.41) is 16.7. The lowest BCUT2D eigenvalue weighted by Gasteiger charge is -2.30. The van der Waals surface area contributed by atoms with Crippen LogP contribution in [-0.2, 0) is 11.2 Å². The van der Waals surface area contributed by atoms with Gasteiger partial charge in [0, 0.05) is 41.1 Å². The average molecular weight is 516 g/mol. The molecule has 0 bridgehead atoms.